The fourth-order valence-corrected chi connectivity index (χ4v) is 4.87. The zero-order valence-electron chi connectivity index (χ0n) is 19.2. The van der Waals surface area contributed by atoms with Crippen molar-refractivity contribution < 1.29 is 28.8 Å². The van der Waals surface area contributed by atoms with Gasteiger partial charge in [0.15, 0.2) is 0 Å². The van der Waals surface area contributed by atoms with Gasteiger partial charge >= 0.3 is 11.9 Å². The van der Waals surface area contributed by atoms with Crippen LogP contribution in [0.15, 0.2) is 24.3 Å². The molecule has 2 aromatic rings. The van der Waals surface area contributed by atoms with Crippen molar-refractivity contribution in [2.75, 3.05) is 56.7 Å². The fraction of sp³-hybridized carbons (Fsp3) is 0.409. The van der Waals surface area contributed by atoms with Crippen molar-refractivity contribution in [2.45, 2.75) is 13.8 Å². The number of rotatable bonds is 8. The first-order valence-electron chi connectivity index (χ1n) is 10.7. The normalized spacial score (nSPS) is 13.9. The third kappa shape index (κ3) is 5.51. The summed E-state index contributed by atoms with van der Waals surface area (Å²) in [5, 5.41) is 14.3. The summed E-state index contributed by atoms with van der Waals surface area (Å²) < 4.78 is 9.86. The van der Waals surface area contributed by atoms with Crippen LogP contribution in [0.5, 0.6) is 0 Å². The van der Waals surface area contributed by atoms with Gasteiger partial charge in [-0.05, 0) is 25.5 Å². The number of methoxy groups -OCH3 is 1. The molecule has 1 saturated heterocycles. The lowest BCUT2D eigenvalue weighted by Crippen LogP contribution is -2.48. The number of anilines is 2. The molecule has 2 heterocycles. The standard InChI is InChI=1S/C22H26N4O7S/c1-4-33-21(28)18-14(2)19(22(29)32-3)34-20(18)23-17(27)13-24-9-11-25(12-10-24)15-7-5-6-8-16(15)26(30)31/h5-8H,4,9-13H2,1-3H3,(H,23,27). The van der Waals surface area contributed by atoms with E-state index < -0.39 is 16.9 Å². The maximum atomic E-state index is 12.8. The molecule has 1 aromatic heterocycles. The van der Waals surface area contributed by atoms with Crippen molar-refractivity contribution in [1.82, 2.24) is 4.90 Å². The van der Waals surface area contributed by atoms with Gasteiger partial charge in [0.25, 0.3) is 5.69 Å². The number of hydrogen-bond donors (Lipinski definition) is 1. The number of esters is 2. The van der Waals surface area contributed by atoms with E-state index in [1.54, 1.807) is 32.0 Å². The molecule has 1 aromatic carbocycles. The molecule has 1 amide bonds. The van der Waals surface area contributed by atoms with Gasteiger partial charge < -0.3 is 19.7 Å². The van der Waals surface area contributed by atoms with Crippen molar-refractivity contribution in [3.63, 3.8) is 0 Å². The number of ether oxygens (including phenoxy) is 2. The number of para-hydroxylation sites is 2. The Morgan fingerprint density at radius 2 is 1.82 bits per heavy atom. The van der Waals surface area contributed by atoms with Gasteiger partial charge in [0, 0.05) is 32.2 Å². The van der Waals surface area contributed by atoms with E-state index >= 15 is 0 Å². The lowest BCUT2D eigenvalue weighted by atomic mass is 10.1. The van der Waals surface area contributed by atoms with Gasteiger partial charge in [-0.3, -0.25) is 19.8 Å². The molecule has 0 aliphatic carbocycles. The molecular weight excluding hydrogens is 464 g/mol. The molecule has 0 bridgehead atoms. The average molecular weight is 491 g/mol. The van der Waals surface area contributed by atoms with E-state index in [1.165, 1.54) is 13.2 Å². The number of nitro benzene ring substituents is 1. The lowest BCUT2D eigenvalue weighted by Gasteiger charge is -2.35. The molecule has 34 heavy (non-hydrogen) atoms. The predicted octanol–water partition coefficient (Wildman–Crippen LogP) is 2.69. The smallest absolute Gasteiger partial charge is 0.348 e. The van der Waals surface area contributed by atoms with E-state index in [-0.39, 0.29) is 40.2 Å². The van der Waals surface area contributed by atoms with Crippen LogP contribution in [-0.2, 0) is 14.3 Å². The van der Waals surface area contributed by atoms with Crippen LogP contribution < -0.4 is 10.2 Å². The highest BCUT2D eigenvalue weighted by molar-refractivity contribution is 7.18. The Hall–Kier alpha value is -3.51. The SMILES string of the molecule is CCOC(=O)c1c(NC(=O)CN2CCN(c3ccccc3[N+](=O)[O-])CC2)sc(C(=O)OC)c1C. The van der Waals surface area contributed by atoms with Crippen LogP contribution in [0, 0.1) is 17.0 Å². The van der Waals surface area contributed by atoms with Gasteiger partial charge in [0.1, 0.15) is 15.6 Å². The Kier molecular flexibility index (Phi) is 8.18. The molecule has 11 nitrogen and oxygen atoms in total. The molecule has 1 N–H and O–H groups in total. The van der Waals surface area contributed by atoms with Gasteiger partial charge in [-0.25, -0.2) is 9.59 Å². The van der Waals surface area contributed by atoms with Crippen LogP contribution in [-0.4, -0.2) is 74.1 Å². The number of thiophene rings is 1. The summed E-state index contributed by atoms with van der Waals surface area (Å²) in [7, 11) is 1.24. The Bertz CT molecular complexity index is 1090. The third-order valence-electron chi connectivity index (χ3n) is 5.41. The van der Waals surface area contributed by atoms with Gasteiger partial charge in [0.2, 0.25) is 5.91 Å². The van der Waals surface area contributed by atoms with Gasteiger partial charge in [-0.15, -0.1) is 11.3 Å². The van der Waals surface area contributed by atoms with Crippen LogP contribution in [0.1, 0.15) is 32.5 Å². The fourth-order valence-electron chi connectivity index (χ4n) is 3.74. The average Bonchev–Trinajstić information content (AvgIpc) is 3.14. The lowest BCUT2D eigenvalue weighted by molar-refractivity contribution is -0.384. The minimum atomic E-state index is -0.625. The molecule has 0 atom stereocenters. The number of nitrogens with zero attached hydrogens (tertiary/aromatic N) is 3. The molecule has 0 spiro atoms. The van der Waals surface area contributed by atoms with Crippen molar-refractivity contribution in [3.05, 3.63) is 50.4 Å². The maximum Gasteiger partial charge on any atom is 0.348 e. The van der Waals surface area contributed by atoms with Crippen LogP contribution in [0.2, 0.25) is 0 Å². The summed E-state index contributed by atoms with van der Waals surface area (Å²) in [6, 6.07) is 6.58. The van der Waals surface area contributed by atoms with E-state index in [0.29, 0.717) is 37.4 Å². The van der Waals surface area contributed by atoms with E-state index in [0.717, 1.165) is 11.3 Å². The quantitative estimate of drug-likeness (QED) is 0.337. The molecule has 3 rings (SSSR count). The van der Waals surface area contributed by atoms with Gasteiger partial charge in [-0.2, -0.15) is 0 Å². The molecule has 1 fully saturated rings. The van der Waals surface area contributed by atoms with Crippen molar-refractivity contribution in [1.29, 1.82) is 0 Å². The molecule has 0 unspecified atom stereocenters. The minimum absolute atomic E-state index is 0.0506. The van der Waals surface area contributed by atoms with Gasteiger partial charge in [0.05, 0.1) is 30.7 Å². The maximum absolute atomic E-state index is 12.8. The third-order valence-corrected chi connectivity index (χ3v) is 6.60. The number of benzene rings is 1. The van der Waals surface area contributed by atoms with Crippen molar-refractivity contribution in [2.24, 2.45) is 0 Å². The van der Waals surface area contributed by atoms with E-state index in [2.05, 4.69) is 5.32 Å². The van der Waals surface area contributed by atoms with E-state index in [9.17, 15) is 24.5 Å². The number of amides is 1. The van der Waals surface area contributed by atoms with Crippen LogP contribution in [0.25, 0.3) is 0 Å². The molecule has 0 radical (unpaired) electrons. The molecule has 182 valence electrons. The molecule has 1 aliphatic rings. The highest BCUT2D eigenvalue weighted by Crippen LogP contribution is 2.34. The Morgan fingerprint density at radius 3 is 2.44 bits per heavy atom. The Morgan fingerprint density at radius 1 is 1.15 bits per heavy atom. The zero-order valence-corrected chi connectivity index (χ0v) is 20.0. The van der Waals surface area contributed by atoms with E-state index in [1.807, 2.05) is 9.80 Å². The number of nitro groups is 1. The molecule has 12 heteroatoms. The largest absolute Gasteiger partial charge is 0.465 e. The van der Waals surface area contributed by atoms with Gasteiger partial charge in [-0.1, -0.05) is 12.1 Å². The number of piperazine rings is 1. The van der Waals surface area contributed by atoms with Crippen LogP contribution in [0.4, 0.5) is 16.4 Å². The number of nitrogens with one attached hydrogen (secondary N) is 1. The summed E-state index contributed by atoms with van der Waals surface area (Å²) in [4.78, 5) is 52.2. The Labute approximate surface area is 200 Å². The molecular formula is C22H26N4O7S. The second-order valence-electron chi connectivity index (χ2n) is 7.53. The first-order valence-corrected chi connectivity index (χ1v) is 11.5. The number of hydrogen-bond acceptors (Lipinski definition) is 10. The number of carbonyl (C=O) groups is 3. The first-order chi connectivity index (χ1) is 16.3. The highest BCUT2D eigenvalue weighted by atomic mass is 32.1. The highest BCUT2D eigenvalue weighted by Gasteiger charge is 2.28. The summed E-state index contributed by atoms with van der Waals surface area (Å²) in [5.41, 5.74) is 1.14. The number of carbonyl (C=O) groups excluding carboxylic acids is 3. The monoisotopic (exact) mass is 490 g/mol. The minimum Gasteiger partial charge on any atom is -0.465 e. The van der Waals surface area contributed by atoms with Crippen molar-refractivity contribution >= 4 is 45.6 Å². The molecule has 0 saturated carbocycles. The second-order valence-corrected chi connectivity index (χ2v) is 8.55. The summed E-state index contributed by atoms with van der Waals surface area (Å²) in [6.07, 6.45) is 0. The predicted molar refractivity (Wildman–Crippen MR) is 127 cm³/mol. The summed E-state index contributed by atoms with van der Waals surface area (Å²) in [6.45, 7) is 5.60. The Balaban J connectivity index is 1.66. The summed E-state index contributed by atoms with van der Waals surface area (Å²) >= 11 is 0.967. The second kappa shape index (κ2) is 11.1. The van der Waals surface area contributed by atoms with E-state index in [4.69, 9.17) is 9.47 Å². The molecule has 1 aliphatic heterocycles. The van der Waals surface area contributed by atoms with Crippen LogP contribution >= 0.6 is 11.3 Å². The van der Waals surface area contributed by atoms with Crippen LogP contribution in [0.3, 0.4) is 0 Å². The zero-order chi connectivity index (χ0) is 24.8. The first kappa shape index (κ1) is 25.1. The van der Waals surface area contributed by atoms with Crippen molar-refractivity contribution in [3.8, 4) is 0 Å². The summed E-state index contributed by atoms with van der Waals surface area (Å²) in [5.74, 6) is -1.57. The topological polar surface area (TPSA) is 131 Å².